The molecule has 0 unspecified atom stereocenters. The van der Waals surface area contributed by atoms with Crippen LogP contribution in [0.2, 0.25) is 0 Å². The van der Waals surface area contributed by atoms with Crippen LogP contribution >= 0.6 is 22.7 Å². The number of hydrogen-bond acceptors (Lipinski definition) is 2. The van der Waals surface area contributed by atoms with Gasteiger partial charge in [0.1, 0.15) is 0 Å². The van der Waals surface area contributed by atoms with Crippen LogP contribution in [0.3, 0.4) is 0 Å². The molecule has 2 aromatic rings. The van der Waals surface area contributed by atoms with E-state index in [-0.39, 0.29) is 0 Å². The molecular weight excluding hydrogens is 364 g/mol. The Morgan fingerprint density at radius 2 is 1.07 bits per heavy atom. The normalized spacial score (nSPS) is 14.5. The van der Waals surface area contributed by atoms with E-state index in [0.29, 0.717) is 5.41 Å². The summed E-state index contributed by atoms with van der Waals surface area (Å²) >= 11 is 4.22. The van der Waals surface area contributed by atoms with Crippen molar-refractivity contribution in [2.45, 2.75) is 110 Å². The highest BCUT2D eigenvalue weighted by molar-refractivity contribution is 7.22. The summed E-state index contributed by atoms with van der Waals surface area (Å²) in [5.74, 6) is 0. The lowest BCUT2D eigenvalue weighted by Gasteiger charge is -2.28. The summed E-state index contributed by atoms with van der Waals surface area (Å²) in [6.45, 7) is 9.41. The minimum atomic E-state index is 0.293. The van der Waals surface area contributed by atoms with Crippen LogP contribution in [0.4, 0.5) is 0 Å². The third-order valence-electron chi connectivity index (χ3n) is 6.56. The predicted molar refractivity (Wildman–Crippen MR) is 125 cm³/mol. The van der Waals surface area contributed by atoms with E-state index in [1.807, 2.05) is 0 Å². The molecule has 0 spiro atoms. The summed E-state index contributed by atoms with van der Waals surface area (Å²) in [4.78, 5) is 6.52. The van der Waals surface area contributed by atoms with E-state index < -0.39 is 0 Å². The van der Waals surface area contributed by atoms with Gasteiger partial charge in [0.2, 0.25) is 0 Å². The molecule has 0 aromatic carbocycles. The molecule has 0 N–H and O–H groups in total. The van der Waals surface area contributed by atoms with Gasteiger partial charge in [-0.15, -0.1) is 22.7 Å². The highest BCUT2D eigenvalue weighted by atomic mass is 32.1. The maximum absolute atomic E-state index is 2.59. The van der Waals surface area contributed by atoms with Crippen molar-refractivity contribution in [1.29, 1.82) is 0 Å². The first-order chi connectivity index (χ1) is 13.2. The van der Waals surface area contributed by atoms with Gasteiger partial charge in [0.25, 0.3) is 0 Å². The number of fused-ring (bicyclic) bond motifs is 3. The SMILES string of the molecule is CCCCCCc1cc2c(s1)-c1sc(CCCCCC)cc1C2(CC)CC. The maximum Gasteiger partial charge on any atom is 0.0489 e. The van der Waals surface area contributed by atoms with Crippen molar-refractivity contribution in [2.24, 2.45) is 0 Å². The molecule has 1 aliphatic rings. The van der Waals surface area contributed by atoms with Crippen LogP contribution in [0.5, 0.6) is 0 Å². The van der Waals surface area contributed by atoms with Gasteiger partial charge >= 0.3 is 0 Å². The molecule has 3 rings (SSSR count). The fraction of sp³-hybridized carbons (Fsp3) is 0.680. The molecular formula is C25H38S2. The van der Waals surface area contributed by atoms with E-state index in [2.05, 4.69) is 62.5 Å². The minimum absolute atomic E-state index is 0.293. The lowest BCUT2D eigenvalue weighted by Crippen LogP contribution is -2.22. The van der Waals surface area contributed by atoms with Crippen molar-refractivity contribution in [2.75, 3.05) is 0 Å². The molecule has 0 saturated heterocycles. The molecule has 150 valence electrons. The van der Waals surface area contributed by atoms with Gasteiger partial charge in [-0.05, 0) is 61.8 Å². The summed E-state index contributed by atoms with van der Waals surface area (Å²) in [5.41, 5.74) is 3.63. The average Bonchev–Trinajstić information content (AvgIpc) is 3.33. The fourth-order valence-electron chi connectivity index (χ4n) is 4.79. The smallest absolute Gasteiger partial charge is 0.0489 e. The second kappa shape index (κ2) is 9.74. The van der Waals surface area contributed by atoms with Gasteiger partial charge in [-0.25, -0.2) is 0 Å². The Morgan fingerprint density at radius 1 is 0.630 bits per heavy atom. The molecule has 0 atom stereocenters. The first-order valence-electron chi connectivity index (χ1n) is 11.5. The van der Waals surface area contributed by atoms with Crippen LogP contribution in [0.25, 0.3) is 9.75 Å². The molecule has 0 bridgehead atoms. The number of hydrogen-bond donors (Lipinski definition) is 0. The van der Waals surface area contributed by atoms with Gasteiger partial charge in [0.15, 0.2) is 0 Å². The van der Waals surface area contributed by atoms with E-state index in [9.17, 15) is 0 Å². The molecule has 2 aromatic heterocycles. The van der Waals surface area contributed by atoms with Crippen molar-refractivity contribution in [3.63, 3.8) is 0 Å². The van der Waals surface area contributed by atoms with Crippen molar-refractivity contribution in [3.8, 4) is 9.75 Å². The lowest BCUT2D eigenvalue weighted by molar-refractivity contribution is 0.491. The summed E-state index contributed by atoms with van der Waals surface area (Å²) < 4.78 is 0. The Morgan fingerprint density at radius 3 is 1.44 bits per heavy atom. The van der Waals surface area contributed by atoms with Crippen LogP contribution in [0.15, 0.2) is 12.1 Å². The first-order valence-corrected chi connectivity index (χ1v) is 13.1. The maximum atomic E-state index is 2.59. The zero-order chi connectivity index (χ0) is 19.3. The number of thiophene rings is 2. The van der Waals surface area contributed by atoms with E-state index in [0.717, 1.165) is 0 Å². The monoisotopic (exact) mass is 402 g/mol. The van der Waals surface area contributed by atoms with Crippen LogP contribution in [-0.2, 0) is 18.3 Å². The van der Waals surface area contributed by atoms with E-state index in [4.69, 9.17) is 0 Å². The molecule has 1 aliphatic carbocycles. The van der Waals surface area contributed by atoms with Gasteiger partial charge in [-0.3, -0.25) is 0 Å². The van der Waals surface area contributed by atoms with Gasteiger partial charge in [0, 0.05) is 24.9 Å². The van der Waals surface area contributed by atoms with E-state index >= 15 is 0 Å². The Hall–Kier alpha value is -0.600. The molecule has 0 nitrogen and oxygen atoms in total. The summed E-state index contributed by atoms with van der Waals surface area (Å²) in [6, 6.07) is 5.18. The van der Waals surface area contributed by atoms with Gasteiger partial charge in [0.05, 0.1) is 0 Å². The second-order valence-corrected chi connectivity index (χ2v) is 10.6. The molecule has 2 heterocycles. The zero-order valence-electron chi connectivity index (χ0n) is 18.0. The third kappa shape index (κ3) is 4.22. The van der Waals surface area contributed by atoms with Crippen LogP contribution in [0, 0.1) is 0 Å². The Labute approximate surface area is 175 Å². The van der Waals surface area contributed by atoms with Crippen molar-refractivity contribution in [3.05, 3.63) is 33.0 Å². The molecule has 0 aliphatic heterocycles. The van der Waals surface area contributed by atoms with Gasteiger partial charge < -0.3 is 0 Å². The lowest BCUT2D eigenvalue weighted by atomic mass is 9.75. The van der Waals surface area contributed by atoms with Crippen molar-refractivity contribution in [1.82, 2.24) is 0 Å². The average molecular weight is 403 g/mol. The van der Waals surface area contributed by atoms with E-state index in [1.165, 1.54) is 77.0 Å². The minimum Gasteiger partial charge on any atom is -0.139 e. The predicted octanol–water partition coefficient (Wildman–Crippen LogP) is 9.14. The van der Waals surface area contributed by atoms with Crippen LogP contribution in [-0.4, -0.2) is 0 Å². The first kappa shape index (κ1) is 21.1. The van der Waals surface area contributed by atoms with Gasteiger partial charge in [-0.2, -0.15) is 0 Å². The molecule has 0 radical (unpaired) electrons. The fourth-order valence-corrected chi connectivity index (χ4v) is 7.54. The topological polar surface area (TPSA) is 0 Å². The summed E-state index contributed by atoms with van der Waals surface area (Å²) in [5, 5.41) is 0. The van der Waals surface area contributed by atoms with Crippen LogP contribution < -0.4 is 0 Å². The quantitative estimate of drug-likeness (QED) is 0.310. The Bertz CT molecular complexity index is 657. The van der Waals surface area contributed by atoms with Crippen LogP contribution in [0.1, 0.15) is 113 Å². The number of unbranched alkanes of at least 4 members (excludes halogenated alkanes) is 6. The molecule has 0 amide bonds. The van der Waals surface area contributed by atoms with E-state index in [1.54, 1.807) is 30.6 Å². The van der Waals surface area contributed by atoms with Gasteiger partial charge in [-0.1, -0.05) is 66.2 Å². The largest absolute Gasteiger partial charge is 0.139 e. The highest BCUT2D eigenvalue weighted by Crippen LogP contribution is 2.58. The number of aryl methyl sites for hydroxylation is 2. The molecule has 2 heteroatoms. The molecule has 0 fully saturated rings. The molecule has 27 heavy (non-hydrogen) atoms. The number of rotatable bonds is 12. The Balaban J connectivity index is 1.82. The highest BCUT2D eigenvalue weighted by Gasteiger charge is 2.43. The van der Waals surface area contributed by atoms with Crippen molar-refractivity contribution >= 4 is 22.7 Å². The third-order valence-corrected chi connectivity index (χ3v) is 9.12. The Kier molecular flexibility index (Phi) is 7.62. The zero-order valence-corrected chi connectivity index (χ0v) is 19.6. The standard InChI is InChI=1S/C25H38S2/c1-5-9-11-13-15-19-17-21-23(26-19)24-22(25(21,7-3)8-4)18-20(27-24)16-14-12-10-6-2/h17-18H,5-16H2,1-4H3. The summed E-state index contributed by atoms with van der Waals surface area (Å²) in [6.07, 6.45) is 16.0. The summed E-state index contributed by atoms with van der Waals surface area (Å²) in [7, 11) is 0. The molecule has 0 saturated carbocycles. The second-order valence-electron chi connectivity index (χ2n) is 8.32. The van der Waals surface area contributed by atoms with Crippen molar-refractivity contribution < 1.29 is 0 Å².